The van der Waals surface area contributed by atoms with E-state index in [9.17, 15) is 0 Å². The maximum atomic E-state index is 5.30. The van der Waals surface area contributed by atoms with Crippen LogP contribution in [0.4, 0.5) is 0 Å². The zero-order valence-electron chi connectivity index (χ0n) is 10.3. The first kappa shape index (κ1) is 12.3. The Balaban J connectivity index is 2.67. The summed E-state index contributed by atoms with van der Waals surface area (Å²) in [5, 5.41) is 0. The van der Waals surface area contributed by atoms with Crippen LogP contribution in [-0.2, 0) is 11.2 Å². The molecule has 0 fully saturated rings. The third kappa shape index (κ3) is 4.05. The molecule has 1 nitrogen and oxygen atoms in total. The molecule has 0 unspecified atom stereocenters. The van der Waals surface area contributed by atoms with Gasteiger partial charge in [0, 0.05) is 13.7 Å². The molecule has 0 heterocycles. The number of methoxy groups -OCH3 is 1. The van der Waals surface area contributed by atoms with Crippen LogP contribution < -0.4 is 0 Å². The molecule has 0 radical (unpaired) electrons. The summed E-state index contributed by atoms with van der Waals surface area (Å²) in [6.07, 6.45) is 1.10. The summed E-state index contributed by atoms with van der Waals surface area (Å²) in [5.41, 5.74) is 1.70. The molecule has 0 amide bonds. The number of ether oxygens (including phenoxy) is 1. The van der Waals surface area contributed by atoms with Crippen molar-refractivity contribution in [3.05, 3.63) is 35.9 Å². The molecule has 1 heteroatoms. The highest BCUT2D eigenvalue weighted by Crippen LogP contribution is 2.29. The van der Waals surface area contributed by atoms with Gasteiger partial charge in [0.05, 0.1) is 0 Å². The molecular weight excluding hydrogens is 184 g/mol. The van der Waals surface area contributed by atoms with Crippen LogP contribution in [0.15, 0.2) is 30.3 Å². The van der Waals surface area contributed by atoms with Crippen molar-refractivity contribution in [2.24, 2.45) is 11.3 Å². The van der Waals surface area contributed by atoms with Gasteiger partial charge in [0.25, 0.3) is 0 Å². The molecule has 0 N–H and O–H groups in total. The van der Waals surface area contributed by atoms with Gasteiger partial charge in [0.1, 0.15) is 0 Å². The van der Waals surface area contributed by atoms with Gasteiger partial charge in [-0.05, 0) is 23.3 Å². The fraction of sp³-hybridized carbons (Fsp3) is 0.571. The first-order valence-electron chi connectivity index (χ1n) is 5.57. The molecular formula is C14H22O. The summed E-state index contributed by atoms with van der Waals surface area (Å²) in [6, 6.07) is 10.6. The Labute approximate surface area is 93.5 Å². The minimum Gasteiger partial charge on any atom is -0.384 e. The second-order valence-corrected chi connectivity index (χ2v) is 5.21. The summed E-state index contributed by atoms with van der Waals surface area (Å²) < 4.78 is 5.30. The average molecular weight is 206 g/mol. The zero-order valence-corrected chi connectivity index (χ0v) is 10.3. The lowest BCUT2D eigenvalue weighted by atomic mass is 9.78. The number of hydrogen-bond donors (Lipinski definition) is 0. The van der Waals surface area contributed by atoms with Crippen LogP contribution in [-0.4, -0.2) is 13.7 Å². The van der Waals surface area contributed by atoms with E-state index < -0.39 is 0 Å². The van der Waals surface area contributed by atoms with Crippen LogP contribution in [0.3, 0.4) is 0 Å². The fourth-order valence-corrected chi connectivity index (χ4v) is 1.71. The molecule has 1 rings (SSSR count). The van der Waals surface area contributed by atoms with Crippen molar-refractivity contribution in [3.8, 4) is 0 Å². The Bertz CT molecular complexity index is 271. The van der Waals surface area contributed by atoms with Crippen molar-refractivity contribution in [3.63, 3.8) is 0 Å². The first-order valence-corrected chi connectivity index (χ1v) is 5.57. The van der Waals surface area contributed by atoms with Crippen LogP contribution in [0.25, 0.3) is 0 Å². The highest BCUT2D eigenvalue weighted by Gasteiger charge is 2.24. The predicted octanol–water partition coefficient (Wildman–Crippen LogP) is 3.54. The van der Waals surface area contributed by atoms with E-state index in [-0.39, 0.29) is 0 Å². The van der Waals surface area contributed by atoms with Crippen molar-refractivity contribution in [2.75, 3.05) is 13.7 Å². The van der Waals surface area contributed by atoms with E-state index in [1.807, 2.05) is 0 Å². The van der Waals surface area contributed by atoms with Gasteiger partial charge in [-0.3, -0.25) is 0 Å². The van der Waals surface area contributed by atoms with Crippen molar-refractivity contribution < 1.29 is 4.74 Å². The normalized spacial score (nSPS) is 13.9. The standard InChI is InChI=1S/C14H22O/c1-14(2,3)13(11-15-4)10-12-8-6-5-7-9-12/h5-9,13H,10-11H2,1-4H3/t13-/m0/s1. The topological polar surface area (TPSA) is 9.23 Å². The van der Waals surface area contributed by atoms with Gasteiger partial charge < -0.3 is 4.74 Å². The monoisotopic (exact) mass is 206 g/mol. The number of rotatable bonds is 4. The third-order valence-corrected chi connectivity index (χ3v) is 2.92. The van der Waals surface area contributed by atoms with Gasteiger partial charge in [-0.15, -0.1) is 0 Å². The highest BCUT2D eigenvalue weighted by molar-refractivity contribution is 5.15. The van der Waals surface area contributed by atoms with Crippen molar-refractivity contribution >= 4 is 0 Å². The summed E-state index contributed by atoms with van der Waals surface area (Å²) in [5.74, 6) is 0.574. The summed E-state index contributed by atoms with van der Waals surface area (Å²) in [6.45, 7) is 7.66. The maximum absolute atomic E-state index is 5.30. The quantitative estimate of drug-likeness (QED) is 0.732. The molecule has 0 bridgehead atoms. The van der Waals surface area contributed by atoms with Crippen LogP contribution in [0.5, 0.6) is 0 Å². The van der Waals surface area contributed by atoms with Crippen LogP contribution in [0.2, 0.25) is 0 Å². The van der Waals surface area contributed by atoms with E-state index in [1.54, 1.807) is 7.11 Å². The zero-order chi connectivity index (χ0) is 11.3. The smallest absolute Gasteiger partial charge is 0.0498 e. The Morgan fingerprint density at radius 1 is 1.13 bits per heavy atom. The van der Waals surface area contributed by atoms with Gasteiger partial charge in [0.15, 0.2) is 0 Å². The molecule has 0 aliphatic carbocycles. The SMILES string of the molecule is COC[C@H](Cc1ccccc1)C(C)(C)C. The van der Waals surface area contributed by atoms with E-state index in [2.05, 4.69) is 51.1 Å². The van der Waals surface area contributed by atoms with Crippen LogP contribution in [0.1, 0.15) is 26.3 Å². The minimum atomic E-state index is 0.297. The third-order valence-electron chi connectivity index (χ3n) is 2.92. The van der Waals surface area contributed by atoms with E-state index in [1.165, 1.54) is 5.56 Å². The van der Waals surface area contributed by atoms with Crippen molar-refractivity contribution in [1.82, 2.24) is 0 Å². The lowest BCUT2D eigenvalue weighted by Gasteiger charge is -2.30. The van der Waals surface area contributed by atoms with Crippen LogP contribution in [0, 0.1) is 11.3 Å². The second-order valence-electron chi connectivity index (χ2n) is 5.21. The first-order chi connectivity index (χ1) is 7.04. The molecule has 0 saturated heterocycles. The molecule has 0 aliphatic heterocycles. The fourth-order valence-electron chi connectivity index (χ4n) is 1.71. The Kier molecular flexibility index (Phi) is 4.34. The Morgan fingerprint density at radius 3 is 2.20 bits per heavy atom. The van der Waals surface area contributed by atoms with Crippen LogP contribution >= 0.6 is 0 Å². The predicted molar refractivity (Wildman–Crippen MR) is 65.0 cm³/mol. The van der Waals surface area contributed by atoms with Gasteiger partial charge in [0.2, 0.25) is 0 Å². The van der Waals surface area contributed by atoms with Crippen molar-refractivity contribution in [2.45, 2.75) is 27.2 Å². The lowest BCUT2D eigenvalue weighted by Crippen LogP contribution is -2.26. The van der Waals surface area contributed by atoms with Gasteiger partial charge in [-0.25, -0.2) is 0 Å². The summed E-state index contributed by atoms with van der Waals surface area (Å²) in [7, 11) is 1.78. The molecule has 1 atom stereocenters. The van der Waals surface area contributed by atoms with Gasteiger partial charge in [-0.1, -0.05) is 51.1 Å². The van der Waals surface area contributed by atoms with Gasteiger partial charge in [-0.2, -0.15) is 0 Å². The summed E-state index contributed by atoms with van der Waals surface area (Å²) in [4.78, 5) is 0. The van der Waals surface area contributed by atoms with Crippen molar-refractivity contribution in [1.29, 1.82) is 0 Å². The van der Waals surface area contributed by atoms with Gasteiger partial charge >= 0.3 is 0 Å². The largest absolute Gasteiger partial charge is 0.384 e. The molecule has 1 aromatic rings. The highest BCUT2D eigenvalue weighted by atomic mass is 16.5. The molecule has 0 aliphatic rings. The Hall–Kier alpha value is -0.820. The molecule has 0 aromatic heterocycles. The molecule has 0 saturated carbocycles. The van der Waals surface area contributed by atoms with E-state index in [0.717, 1.165) is 13.0 Å². The molecule has 15 heavy (non-hydrogen) atoms. The molecule has 0 spiro atoms. The Morgan fingerprint density at radius 2 is 1.73 bits per heavy atom. The maximum Gasteiger partial charge on any atom is 0.0498 e. The average Bonchev–Trinajstić information content (AvgIpc) is 2.17. The van der Waals surface area contributed by atoms with E-state index >= 15 is 0 Å². The summed E-state index contributed by atoms with van der Waals surface area (Å²) >= 11 is 0. The molecule has 1 aromatic carbocycles. The van der Waals surface area contributed by atoms with E-state index in [0.29, 0.717) is 11.3 Å². The van der Waals surface area contributed by atoms with E-state index in [4.69, 9.17) is 4.74 Å². The number of hydrogen-bond acceptors (Lipinski definition) is 1. The minimum absolute atomic E-state index is 0.297. The number of benzene rings is 1. The lowest BCUT2D eigenvalue weighted by molar-refractivity contribution is 0.0902. The second kappa shape index (κ2) is 5.32. The molecule has 84 valence electrons.